The molecule has 0 radical (unpaired) electrons. The van der Waals surface area contributed by atoms with Crippen molar-refractivity contribution < 1.29 is 24.1 Å². The Morgan fingerprint density at radius 1 is 1.06 bits per heavy atom. The van der Waals surface area contributed by atoms with Gasteiger partial charge in [-0.15, -0.1) is 0 Å². The van der Waals surface area contributed by atoms with Crippen LogP contribution in [-0.2, 0) is 24.4 Å². The molecule has 33 heavy (non-hydrogen) atoms. The fourth-order valence-corrected chi connectivity index (χ4v) is 7.48. The van der Waals surface area contributed by atoms with Crippen LogP contribution < -0.4 is 0 Å². The summed E-state index contributed by atoms with van der Waals surface area (Å²) in [5.74, 6) is 0.872. The lowest BCUT2D eigenvalue weighted by Gasteiger charge is -2.44. The number of ether oxygens (including phenoxy) is 3. The molecule has 1 heterocycles. The Balaban J connectivity index is 1.23. The van der Waals surface area contributed by atoms with Crippen molar-refractivity contribution in [1.82, 2.24) is 0 Å². The van der Waals surface area contributed by atoms with Gasteiger partial charge in [-0.3, -0.25) is 4.79 Å². The van der Waals surface area contributed by atoms with Crippen molar-refractivity contribution in [2.45, 2.75) is 95.0 Å². The average molecular weight is 457 g/mol. The molecule has 3 saturated carbocycles. The van der Waals surface area contributed by atoms with Gasteiger partial charge in [0, 0.05) is 18.8 Å². The second-order valence-electron chi connectivity index (χ2n) is 12.0. The molecular formula is C28H40O5. The molecule has 1 saturated heterocycles. The van der Waals surface area contributed by atoms with Crippen molar-refractivity contribution in [1.29, 1.82) is 0 Å². The molecule has 0 aromatic heterocycles. The van der Waals surface area contributed by atoms with Crippen LogP contribution in [0.2, 0.25) is 0 Å². The Hall–Kier alpha value is -1.43. The van der Waals surface area contributed by atoms with E-state index in [2.05, 4.69) is 45.0 Å². The molecule has 182 valence electrons. The molecule has 1 N–H and O–H groups in total. The van der Waals surface area contributed by atoms with Gasteiger partial charge in [-0.25, -0.2) is 0 Å². The maximum absolute atomic E-state index is 13.1. The van der Waals surface area contributed by atoms with Crippen molar-refractivity contribution in [3.05, 3.63) is 35.9 Å². The van der Waals surface area contributed by atoms with Crippen LogP contribution in [0.25, 0.3) is 0 Å². The van der Waals surface area contributed by atoms with E-state index in [1.54, 1.807) is 0 Å². The zero-order chi connectivity index (χ0) is 23.3. The van der Waals surface area contributed by atoms with Crippen molar-refractivity contribution in [3.63, 3.8) is 0 Å². The maximum atomic E-state index is 13.1. The van der Waals surface area contributed by atoms with Crippen LogP contribution in [0.5, 0.6) is 0 Å². The summed E-state index contributed by atoms with van der Waals surface area (Å²) in [6.45, 7) is 8.13. The summed E-state index contributed by atoms with van der Waals surface area (Å²) < 4.78 is 17.9. The fraction of sp³-hybridized carbons (Fsp3) is 0.750. The first-order valence-electron chi connectivity index (χ1n) is 12.9. The summed E-state index contributed by atoms with van der Waals surface area (Å²) in [6.07, 6.45) is 6.05. The molecule has 0 bridgehead atoms. The third kappa shape index (κ3) is 4.61. The van der Waals surface area contributed by atoms with Gasteiger partial charge >= 0.3 is 5.97 Å². The van der Waals surface area contributed by atoms with Crippen LogP contribution in [0.15, 0.2) is 30.3 Å². The van der Waals surface area contributed by atoms with Gasteiger partial charge < -0.3 is 19.3 Å². The lowest BCUT2D eigenvalue weighted by atomic mass is 9.64. The van der Waals surface area contributed by atoms with E-state index in [0.717, 1.165) is 32.1 Å². The molecule has 1 aromatic carbocycles. The van der Waals surface area contributed by atoms with E-state index in [0.29, 0.717) is 43.8 Å². The molecule has 1 aromatic rings. The minimum atomic E-state index is -0.961. The molecule has 6 atom stereocenters. The van der Waals surface area contributed by atoms with E-state index in [9.17, 15) is 9.90 Å². The normalized spacial score (nSPS) is 37.9. The van der Waals surface area contributed by atoms with E-state index in [1.807, 2.05) is 6.07 Å². The van der Waals surface area contributed by atoms with E-state index < -0.39 is 11.4 Å². The van der Waals surface area contributed by atoms with Crippen molar-refractivity contribution in [3.8, 4) is 0 Å². The van der Waals surface area contributed by atoms with Crippen LogP contribution in [0.4, 0.5) is 0 Å². The summed E-state index contributed by atoms with van der Waals surface area (Å²) in [4.78, 5) is 13.1. The van der Waals surface area contributed by atoms with Crippen LogP contribution in [0, 0.1) is 23.7 Å². The molecule has 5 nitrogen and oxygen atoms in total. The predicted molar refractivity (Wildman–Crippen MR) is 126 cm³/mol. The first-order chi connectivity index (χ1) is 15.7. The molecule has 3 aliphatic carbocycles. The minimum absolute atomic E-state index is 0.0801. The first kappa shape index (κ1) is 23.3. The number of carbonyl (C=O) groups is 1. The van der Waals surface area contributed by atoms with Crippen molar-refractivity contribution >= 4 is 5.97 Å². The van der Waals surface area contributed by atoms with E-state index in [-0.39, 0.29) is 29.8 Å². The van der Waals surface area contributed by atoms with Gasteiger partial charge in [0.25, 0.3) is 0 Å². The maximum Gasteiger partial charge on any atom is 0.308 e. The second-order valence-corrected chi connectivity index (χ2v) is 12.0. The Bertz CT molecular complexity index is 827. The quantitative estimate of drug-likeness (QED) is 0.632. The topological polar surface area (TPSA) is 65.0 Å². The van der Waals surface area contributed by atoms with Crippen LogP contribution in [-0.4, -0.2) is 41.8 Å². The van der Waals surface area contributed by atoms with Gasteiger partial charge in [0.2, 0.25) is 0 Å². The molecule has 4 fully saturated rings. The second kappa shape index (κ2) is 8.66. The Kier molecular flexibility index (Phi) is 6.12. The molecule has 0 amide bonds. The molecular weight excluding hydrogens is 416 g/mol. The monoisotopic (exact) mass is 456 g/mol. The van der Waals surface area contributed by atoms with E-state index in [4.69, 9.17) is 14.2 Å². The van der Waals surface area contributed by atoms with Crippen molar-refractivity contribution in [2.75, 3.05) is 13.2 Å². The van der Waals surface area contributed by atoms with E-state index in [1.165, 1.54) is 5.56 Å². The number of fused-ring (bicyclic) bond motifs is 1. The molecule has 5 heteroatoms. The molecule has 4 aliphatic rings. The van der Waals surface area contributed by atoms with Crippen molar-refractivity contribution in [2.24, 2.45) is 23.7 Å². The van der Waals surface area contributed by atoms with Crippen LogP contribution >= 0.6 is 0 Å². The number of aliphatic hydroxyl groups is 1. The summed E-state index contributed by atoms with van der Waals surface area (Å²) in [6, 6.07) is 10.6. The van der Waals surface area contributed by atoms with Gasteiger partial charge in [0.05, 0.1) is 25.2 Å². The number of hydrogen-bond acceptors (Lipinski definition) is 5. The lowest BCUT2D eigenvalue weighted by molar-refractivity contribution is -0.165. The van der Waals surface area contributed by atoms with Crippen LogP contribution in [0.1, 0.15) is 77.7 Å². The van der Waals surface area contributed by atoms with Gasteiger partial charge in [-0.1, -0.05) is 57.5 Å². The molecule has 1 spiro atoms. The Labute approximate surface area is 198 Å². The smallest absolute Gasteiger partial charge is 0.308 e. The summed E-state index contributed by atoms with van der Waals surface area (Å²) in [5.41, 5.74) is 0.249. The molecule has 5 rings (SSSR count). The third-order valence-electron chi connectivity index (χ3n) is 9.17. The first-order valence-corrected chi connectivity index (χ1v) is 12.9. The highest BCUT2D eigenvalue weighted by atomic mass is 16.7. The Morgan fingerprint density at radius 3 is 2.33 bits per heavy atom. The number of hydrogen-bond donors (Lipinski definition) is 1. The van der Waals surface area contributed by atoms with Gasteiger partial charge in [-0.05, 0) is 54.4 Å². The number of benzene rings is 1. The van der Waals surface area contributed by atoms with Crippen LogP contribution in [0.3, 0.4) is 0 Å². The zero-order valence-electron chi connectivity index (χ0n) is 20.4. The Morgan fingerprint density at radius 2 is 1.70 bits per heavy atom. The largest absolute Gasteiger partial charge is 0.462 e. The molecule has 1 aliphatic heterocycles. The number of rotatable bonds is 5. The highest BCUT2D eigenvalue weighted by Crippen LogP contribution is 2.55. The average Bonchev–Trinajstić information content (AvgIpc) is 3.41. The van der Waals surface area contributed by atoms with E-state index >= 15 is 0 Å². The predicted octanol–water partition coefficient (Wildman–Crippen LogP) is 5.00. The SMILES string of the molecule is C[C@@H]1CC[C@@H](C(C)(C)c2ccccc2)[C@H](OC(=O)CC2(O)C[C@@H]3CC4(C[C@@H]3C2)OCCO4)C1. The number of esters is 1. The lowest BCUT2D eigenvalue weighted by Crippen LogP contribution is -2.44. The number of carbonyl (C=O) groups excluding carboxylic acids is 1. The minimum Gasteiger partial charge on any atom is -0.462 e. The van der Waals surface area contributed by atoms with Gasteiger partial charge in [-0.2, -0.15) is 0 Å². The third-order valence-corrected chi connectivity index (χ3v) is 9.17. The molecule has 1 unspecified atom stereocenters. The summed E-state index contributed by atoms with van der Waals surface area (Å²) in [5, 5.41) is 11.3. The zero-order valence-corrected chi connectivity index (χ0v) is 20.4. The standard InChI is InChI=1S/C28H40O5/c1-19-9-10-23(26(2,3)22-7-5-4-6-8-22)24(13-19)33-25(29)18-27(30)14-20-16-28(17-21(20)15-27)31-11-12-32-28/h4-8,19-21,23-24,30H,9-18H2,1-3H3/t19-,20-,21+,23-,24-,27?/m1/s1. The van der Waals surface area contributed by atoms with Gasteiger partial charge in [0.15, 0.2) is 5.79 Å². The summed E-state index contributed by atoms with van der Waals surface area (Å²) >= 11 is 0. The fourth-order valence-electron chi connectivity index (χ4n) is 7.48. The highest BCUT2D eigenvalue weighted by molar-refractivity contribution is 5.71. The highest BCUT2D eigenvalue weighted by Gasteiger charge is 2.57. The summed E-state index contributed by atoms with van der Waals surface area (Å²) in [7, 11) is 0. The van der Waals surface area contributed by atoms with Gasteiger partial charge in [0.1, 0.15) is 6.10 Å².